The Labute approximate surface area is 143 Å². The molecule has 1 aromatic carbocycles. The van der Waals surface area contributed by atoms with E-state index >= 15 is 0 Å². The first-order chi connectivity index (χ1) is 11.5. The van der Waals surface area contributed by atoms with Gasteiger partial charge in [0.05, 0.1) is 23.7 Å². The number of hydrogen-bond donors (Lipinski definition) is 2. The predicted molar refractivity (Wildman–Crippen MR) is 91.7 cm³/mol. The van der Waals surface area contributed by atoms with E-state index in [0.29, 0.717) is 5.56 Å². The normalized spacial score (nSPS) is 18.7. The summed E-state index contributed by atoms with van der Waals surface area (Å²) in [5.74, 6) is -0.140. The number of carbonyl (C=O) groups excluding carboxylic acids is 1. The Balaban J connectivity index is 1.95. The van der Waals surface area contributed by atoms with E-state index in [9.17, 15) is 10.1 Å². The summed E-state index contributed by atoms with van der Waals surface area (Å²) in [5, 5.41) is 24.5. The molecule has 2 rings (SSSR count). The maximum Gasteiger partial charge on any atom is 0.238 e. The Morgan fingerprint density at radius 3 is 2.29 bits per heavy atom. The number of amides is 1. The fourth-order valence-electron chi connectivity index (χ4n) is 3.16. The van der Waals surface area contributed by atoms with Crippen molar-refractivity contribution in [1.82, 2.24) is 10.6 Å². The molecule has 5 nitrogen and oxygen atoms in total. The number of benzene rings is 1. The molecule has 0 bridgehead atoms. The zero-order valence-electron chi connectivity index (χ0n) is 14.3. The average Bonchev–Trinajstić information content (AvgIpc) is 2.62. The maximum atomic E-state index is 12.5. The minimum absolute atomic E-state index is 0.0251. The lowest BCUT2D eigenvalue weighted by Crippen LogP contribution is -2.54. The van der Waals surface area contributed by atoms with Crippen molar-refractivity contribution in [3.63, 3.8) is 0 Å². The van der Waals surface area contributed by atoms with Crippen LogP contribution < -0.4 is 10.6 Å². The Hall–Kier alpha value is -2.37. The van der Waals surface area contributed by atoms with Crippen molar-refractivity contribution in [2.24, 2.45) is 0 Å². The highest BCUT2D eigenvalue weighted by Gasteiger charge is 2.34. The van der Waals surface area contributed by atoms with E-state index in [-0.39, 0.29) is 11.9 Å². The second kappa shape index (κ2) is 7.95. The monoisotopic (exact) mass is 324 g/mol. The first-order valence-corrected chi connectivity index (χ1v) is 8.49. The Morgan fingerprint density at radius 2 is 1.75 bits per heavy atom. The molecule has 1 amide bonds. The van der Waals surface area contributed by atoms with Crippen LogP contribution in [0.5, 0.6) is 0 Å². The van der Waals surface area contributed by atoms with Crippen molar-refractivity contribution in [3.05, 3.63) is 35.4 Å². The highest BCUT2D eigenvalue weighted by atomic mass is 16.2. The maximum absolute atomic E-state index is 12.5. The van der Waals surface area contributed by atoms with Gasteiger partial charge in [0.2, 0.25) is 5.91 Å². The van der Waals surface area contributed by atoms with E-state index in [1.54, 1.807) is 12.1 Å². The average molecular weight is 324 g/mol. The smallest absolute Gasteiger partial charge is 0.238 e. The summed E-state index contributed by atoms with van der Waals surface area (Å²) in [6.07, 6.45) is 4.55. The molecule has 2 atom stereocenters. The van der Waals surface area contributed by atoms with Gasteiger partial charge in [0.25, 0.3) is 0 Å². The molecule has 2 N–H and O–H groups in total. The molecule has 0 heterocycles. The van der Waals surface area contributed by atoms with Gasteiger partial charge >= 0.3 is 0 Å². The van der Waals surface area contributed by atoms with Crippen molar-refractivity contribution in [2.75, 3.05) is 0 Å². The van der Waals surface area contributed by atoms with Crippen molar-refractivity contribution in [3.8, 4) is 12.1 Å². The zero-order chi connectivity index (χ0) is 17.6. The van der Waals surface area contributed by atoms with Gasteiger partial charge in [0.1, 0.15) is 5.54 Å². The van der Waals surface area contributed by atoms with Crippen LogP contribution >= 0.6 is 0 Å². The topological polar surface area (TPSA) is 88.7 Å². The molecule has 1 saturated carbocycles. The number of hydrogen-bond acceptors (Lipinski definition) is 4. The van der Waals surface area contributed by atoms with Gasteiger partial charge in [-0.15, -0.1) is 0 Å². The molecule has 1 aliphatic carbocycles. The molecule has 1 fully saturated rings. The van der Waals surface area contributed by atoms with Crippen LogP contribution in [0.3, 0.4) is 0 Å². The standard InChI is InChI=1S/C19H24N4O/c1-14(17-8-6-16(12-20)7-9-17)22-15(2)18(24)23-19(13-21)10-4-3-5-11-19/h6-9,14-15,22H,3-5,10-11H2,1-2H3,(H,23,24)/t14-,15+/m0/s1. The van der Waals surface area contributed by atoms with Crippen molar-refractivity contribution >= 4 is 5.91 Å². The molecule has 1 aromatic rings. The van der Waals surface area contributed by atoms with Crippen LogP contribution in [0.15, 0.2) is 24.3 Å². The van der Waals surface area contributed by atoms with E-state index < -0.39 is 11.6 Å². The van der Waals surface area contributed by atoms with Gasteiger partial charge < -0.3 is 5.32 Å². The molecule has 0 aromatic heterocycles. The van der Waals surface area contributed by atoms with Gasteiger partial charge in [-0.25, -0.2) is 0 Å². The fourth-order valence-corrected chi connectivity index (χ4v) is 3.16. The molecule has 126 valence electrons. The van der Waals surface area contributed by atoms with Gasteiger partial charge in [-0.1, -0.05) is 31.4 Å². The largest absolute Gasteiger partial charge is 0.336 e. The van der Waals surface area contributed by atoms with Crippen molar-refractivity contribution in [1.29, 1.82) is 10.5 Å². The molecule has 0 aliphatic heterocycles. The summed E-state index contributed by atoms with van der Waals surface area (Å²) in [4.78, 5) is 12.5. The Bertz CT molecular complexity index is 647. The molecular formula is C19H24N4O. The van der Waals surface area contributed by atoms with Crippen LogP contribution in [0.2, 0.25) is 0 Å². The second-order valence-electron chi connectivity index (χ2n) is 6.59. The van der Waals surface area contributed by atoms with Gasteiger partial charge in [-0.2, -0.15) is 10.5 Å². The fraction of sp³-hybridized carbons (Fsp3) is 0.526. The summed E-state index contributed by atoms with van der Waals surface area (Å²) in [7, 11) is 0. The molecule has 5 heteroatoms. The second-order valence-corrected chi connectivity index (χ2v) is 6.59. The van der Waals surface area contributed by atoms with E-state index in [1.165, 1.54) is 0 Å². The third kappa shape index (κ3) is 4.34. The van der Waals surface area contributed by atoms with E-state index in [1.807, 2.05) is 26.0 Å². The van der Waals surface area contributed by atoms with Crippen molar-refractivity contribution < 1.29 is 4.79 Å². The minimum Gasteiger partial charge on any atom is -0.336 e. The van der Waals surface area contributed by atoms with E-state index in [2.05, 4.69) is 22.8 Å². The number of carbonyl (C=O) groups is 1. The van der Waals surface area contributed by atoms with Crippen molar-refractivity contribution in [2.45, 2.75) is 63.6 Å². The molecule has 0 unspecified atom stereocenters. The summed E-state index contributed by atoms with van der Waals surface area (Å²) >= 11 is 0. The Morgan fingerprint density at radius 1 is 1.12 bits per heavy atom. The summed E-state index contributed by atoms with van der Waals surface area (Å²) in [6.45, 7) is 3.79. The summed E-state index contributed by atoms with van der Waals surface area (Å²) < 4.78 is 0. The van der Waals surface area contributed by atoms with E-state index in [4.69, 9.17) is 5.26 Å². The van der Waals surface area contributed by atoms with Crippen LogP contribution in [-0.2, 0) is 4.79 Å². The van der Waals surface area contributed by atoms with Gasteiger partial charge in [-0.3, -0.25) is 10.1 Å². The lowest BCUT2D eigenvalue weighted by molar-refractivity contribution is -0.124. The quantitative estimate of drug-likeness (QED) is 0.871. The lowest BCUT2D eigenvalue weighted by Gasteiger charge is -2.33. The van der Waals surface area contributed by atoms with Gasteiger partial charge in [0.15, 0.2) is 0 Å². The van der Waals surface area contributed by atoms with E-state index in [0.717, 1.165) is 37.7 Å². The number of nitrogens with zero attached hydrogens (tertiary/aromatic N) is 2. The molecule has 0 radical (unpaired) electrons. The zero-order valence-corrected chi connectivity index (χ0v) is 14.3. The lowest BCUT2D eigenvalue weighted by atomic mass is 9.82. The van der Waals surface area contributed by atoms with Gasteiger partial charge in [-0.05, 0) is 44.4 Å². The van der Waals surface area contributed by atoms with Crippen LogP contribution in [-0.4, -0.2) is 17.5 Å². The number of rotatable bonds is 5. The minimum atomic E-state index is -0.705. The Kier molecular flexibility index (Phi) is 5.95. The predicted octanol–water partition coefficient (Wildman–Crippen LogP) is 2.94. The highest BCUT2D eigenvalue weighted by Crippen LogP contribution is 2.27. The molecule has 1 aliphatic rings. The number of nitriles is 2. The summed E-state index contributed by atoms with van der Waals surface area (Å²) in [5.41, 5.74) is 0.925. The van der Waals surface area contributed by atoms with Crippen LogP contribution in [0.1, 0.15) is 63.1 Å². The highest BCUT2D eigenvalue weighted by molar-refractivity contribution is 5.82. The molecule has 24 heavy (non-hydrogen) atoms. The van der Waals surface area contributed by atoms with Crippen LogP contribution in [0, 0.1) is 22.7 Å². The molecule has 0 spiro atoms. The molecule has 0 saturated heterocycles. The third-order valence-corrected chi connectivity index (χ3v) is 4.72. The van der Waals surface area contributed by atoms with Gasteiger partial charge in [0, 0.05) is 6.04 Å². The first-order valence-electron chi connectivity index (χ1n) is 8.49. The van der Waals surface area contributed by atoms with Crippen LogP contribution in [0.4, 0.5) is 0 Å². The molecular weight excluding hydrogens is 300 g/mol. The van der Waals surface area contributed by atoms with Crippen LogP contribution in [0.25, 0.3) is 0 Å². The third-order valence-electron chi connectivity index (χ3n) is 4.72. The number of nitrogens with one attached hydrogen (secondary N) is 2. The SMILES string of the molecule is C[C@H](N[C@H](C)C(=O)NC1(C#N)CCCCC1)c1ccc(C#N)cc1. The summed E-state index contributed by atoms with van der Waals surface area (Å²) in [6, 6.07) is 11.3. The first kappa shape index (κ1) is 18.0.